The van der Waals surface area contributed by atoms with E-state index in [1.807, 2.05) is 0 Å². The maximum absolute atomic E-state index is 12.5. The molecule has 0 bridgehead atoms. The lowest BCUT2D eigenvalue weighted by molar-refractivity contribution is 0.562. The second kappa shape index (κ2) is 3.68. The summed E-state index contributed by atoms with van der Waals surface area (Å²) in [7, 11) is 0. The van der Waals surface area contributed by atoms with Crippen LogP contribution in [0.3, 0.4) is 0 Å². The van der Waals surface area contributed by atoms with E-state index in [1.54, 1.807) is 0 Å². The van der Waals surface area contributed by atoms with E-state index in [-0.39, 0.29) is 5.82 Å². The summed E-state index contributed by atoms with van der Waals surface area (Å²) < 4.78 is 12.5. The van der Waals surface area contributed by atoms with Gasteiger partial charge in [0.15, 0.2) is 5.82 Å². The number of anilines is 1. The number of rotatable bonds is 1. The van der Waals surface area contributed by atoms with Gasteiger partial charge >= 0.3 is 0 Å². The number of piperidine rings is 1. The van der Waals surface area contributed by atoms with E-state index in [0.29, 0.717) is 5.95 Å². The summed E-state index contributed by atoms with van der Waals surface area (Å²) in [4.78, 5) is 9.98. The third-order valence-corrected chi connectivity index (χ3v) is 2.25. The highest BCUT2D eigenvalue weighted by molar-refractivity contribution is 5.28. The Morgan fingerprint density at radius 3 is 2.31 bits per heavy atom. The van der Waals surface area contributed by atoms with Crippen molar-refractivity contribution in [2.75, 3.05) is 18.0 Å². The highest BCUT2D eigenvalue weighted by atomic mass is 19.1. The maximum Gasteiger partial charge on any atom is 0.225 e. The first-order valence-corrected chi connectivity index (χ1v) is 4.59. The predicted octanol–water partition coefficient (Wildman–Crippen LogP) is 1.61. The van der Waals surface area contributed by atoms with Crippen LogP contribution in [0.2, 0.25) is 0 Å². The van der Waals surface area contributed by atoms with E-state index in [4.69, 9.17) is 0 Å². The van der Waals surface area contributed by atoms with Gasteiger partial charge in [-0.1, -0.05) is 0 Å². The van der Waals surface area contributed by atoms with Crippen LogP contribution in [0.25, 0.3) is 0 Å². The molecule has 3 nitrogen and oxygen atoms in total. The topological polar surface area (TPSA) is 29.0 Å². The number of halogens is 1. The smallest absolute Gasteiger partial charge is 0.225 e. The second-order valence-corrected chi connectivity index (χ2v) is 3.25. The van der Waals surface area contributed by atoms with Crippen molar-refractivity contribution >= 4 is 5.95 Å². The Kier molecular flexibility index (Phi) is 2.38. The minimum atomic E-state index is -0.374. The molecule has 1 aliphatic rings. The first-order chi connectivity index (χ1) is 6.36. The molecule has 0 saturated carbocycles. The molecule has 0 amide bonds. The summed E-state index contributed by atoms with van der Waals surface area (Å²) in [5.74, 6) is 0.279. The van der Waals surface area contributed by atoms with Gasteiger partial charge in [-0.25, -0.2) is 14.4 Å². The Labute approximate surface area is 76.6 Å². The zero-order valence-electron chi connectivity index (χ0n) is 7.41. The second-order valence-electron chi connectivity index (χ2n) is 3.25. The van der Waals surface area contributed by atoms with Gasteiger partial charge in [-0.2, -0.15) is 0 Å². The average Bonchev–Trinajstić information content (AvgIpc) is 2.20. The van der Waals surface area contributed by atoms with E-state index < -0.39 is 0 Å². The molecule has 0 atom stereocenters. The van der Waals surface area contributed by atoms with Gasteiger partial charge in [0, 0.05) is 13.1 Å². The summed E-state index contributed by atoms with van der Waals surface area (Å²) in [5, 5.41) is 0. The van der Waals surface area contributed by atoms with Crippen molar-refractivity contribution in [1.82, 2.24) is 9.97 Å². The minimum Gasteiger partial charge on any atom is -0.341 e. The highest BCUT2D eigenvalue weighted by Crippen LogP contribution is 2.14. The highest BCUT2D eigenvalue weighted by Gasteiger charge is 2.12. The number of hydrogen-bond donors (Lipinski definition) is 0. The molecule has 13 heavy (non-hydrogen) atoms. The molecule has 4 heteroatoms. The van der Waals surface area contributed by atoms with Crippen LogP contribution in [-0.4, -0.2) is 23.1 Å². The quantitative estimate of drug-likeness (QED) is 0.659. The molecule has 70 valence electrons. The lowest BCUT2D eigenvalue weighted by Crippen LogP contribution is -2.30. The summed E-state index contributed by atoms with van der Waals surface area (Å²) >= 11 is 0. The van der Waals surface area contributed by atoms with Gasteiger partial charge < -0.3 is 4.90 Å². The summed E-state index contributed by atoms with van der Waals surface area (Å²) in [6, 6.07) is 0. The number of aromatic nitrogens is 2. The Hall–Kier alpha value is -1.19. The van der Waals surface area contributed by atoms with Crippen LogP contribution in [0, 0.1) is 5.82 Å². The molecule has 1 aromatic rings. The first kappa shape index (κ1) is 8.41. The molecule has 2 heterocycles. The van der Waals surface area contributed by atoms with E-state index in [0.717, 1.165) is 13.1 Å². The van der Waals surface area contributed by atoms with Crippen LogP contribution in [0.4, 0.5) is 10.3 Å². The SMILES string of the molecule is Fc1cnc(N2CCCCC2)nc1. The minimum absolute atomic E-state index is 0.374. The molecule has 1 saturated heterocycles. The van der Waals surface area contributed by atoms with Gasteiger partial charge in [0.25, 0.3) is 0 Å². The van der Waals surface area contributed by atoms with Crippen LogP contribution in [0.1, 0.15) is 19.3 Å². The van der Waals surface area contributed by atoms with E-state index >= 15 is 0 Å². The van der Waals surface area contributed by atoms with Crippen molar-refractivity contribution < 1.29 is 4.39 Å². The van der Waals surface area contributed by atoms with Crippen molar-refractivity contribution in [1.29, 1.82) is 0 Å². The Bertz CT molecular complexity index is 267. The third kappa shape index (κ3) is 1.94. The lowest BCUT2D eigenvalue weighted by atomic mass is 10.1. The van der Waals surface area contributed by atoms with Gasteiger partial charge in [0.05, 0.1) is 12.4 Å². The first-order valence-electron chi connectivity index (χ1n) is 4.59. The maximum atomic E-state index is 12.5. The molecule has 1 aromatic heterocycles. The zero-order valence-corrected chi connectivity index (χ0v) is 7.41. The molecule has 0 unspecified atom stereocenters. The van der Waals surface area contributed by atoms with Crippen molar-refractivity contribution in [2.24, 2.45) is 0 Å². The summed E-state index contributed by atoms with van der Waals surface area (Å²) in [5.41, 5.74) is 0. The van der Waals surface area contributed by atoms with Gasteiger partial charge in [-0.15, -0.1) is 0 Å². The molecule has 1 aliphatic heterocycles. The fourth-order valence-electron chi connectivity index (χ4n) is 1.56. The molecule has 0 spiro atoms. The van der Waals surface area contributed by atoms with Gasteiger partial charge in [-0.05, 0) is 19.3 Å². The van der Waals surface area contributed by atoms with Gasteiger partial charge in [0.1, 0.15) is 0 Å². The fraction of sp³-hybridized carbons (Fsp3) is 0.556. The largest absolute Gasteiger partial charge is 0.341 e. The number of nitrogens with zero attached hydrogens (tertiary/aromatic N) is 3. The monoisotopic (exact) mass is 181 g/mol. The van der Waals surface area contributed by atoms with Gasteiger partial charge in [0.2, 0.25) is 5.95 Å². The predicted molar refractivity (Wildman–Crippen MR) is 48.1 cm³/mol. The van der Waals surface area contributed by atoms with Crippen LogP contribution < -0.4 is 4.90 Å². The van der Waals surface area contributed by atoms with E-state index in [1.165, 1.54) is 31.7 Å². The normalized spacial score (nSPS) is 17.5. The molecular weight excluding hydrogens is 169 g/mol. The van der Waals surface area contributed by atoms with E-state index in [2.05, 4.69) is 14.9 Å². The standard InChI is InChI=1S/C9H12FN3/c10-8-6-11-9(12-7-8)13-4-2-1-3-5-13/h6-7H,1-5H2. The molecule has 2 rings (SSSR count). The molecule has 1 fully saturated rings. The molecule has 0 aliphatic carbocycles. The lowest BCUT2D eigenvalue weighted by Gasteiger charge is -2.26. The molecule has 0 radical (unpaired) electrons. The summed E-state index contributed by atoms with van der Waals surface area (Å²) in [6.45, 7) is 1.98. The number of hydrogen-bond acceptors (Lipinski definition) is 3. The van der Waals surface area contributed by atoms with E-state index in [9.17, 15) is 4.39 Å². The van der Waals surface area contributed by atoms with Crippen molar-refractivity contribution in [3.63, 3.8) is 0 Å². The Balaban J connectivity index is 2.10. The van der Waals surface area contributed by atoms with Crippen LogP contribution >= 0.6 is 0 Å². The van der Waals surface area contributed by atoms with Crippen molar-refractivity contribution in [3.8, 4) is 0 Å². The summed E-state index contributed by atoms with van der Waals surface area (Å²) in [6.07, 6.45) is 6.08. The van der Waals surface area contributed by atoms with Crippen LogP contribution in [0.5, 0.6) is 0 Å². The van der Waals surface area contributed by atoms with Gasteiger partial charge in [-0.3, -0.25) is 0 Å². The van der Waals surface area contributed by atoms with Crippen molar-refractivity contribution in [2.45, 2.75) is 19.3 Å². The average molecular weight is 181 g/mol. The van der Waals surface area contributed by atoms with Crippen molar-refractivity contribution in [3.05, 3.63) is 18.2 Å². The third-order valence-electron chi connectivity index (χ3n) is 2.25. The zero-order chi connectivity index (χ0) is 9.10. The van der Waals surface area contributed by atoms with Crippen LogP contribution in [-0.2, 0) is 0 Å². The molecular formula is C9H12FN3. The van der Waals surface area contributed by atoms with Crippen LogP contribution in [0.15, 0.2) is 12.4 Å². The molecule has 0 aromatic carbocycles. The Morgan fingerprint density at radius 2 is 1.69 bits per heavy atom. The Morgan fingerprint density at radius 1 is 1.08 bits per heavy atom. The molecule has 0 N–H and O–H groups in total. The fourth-order valence-corrected chi connectivity index (χ4v) is 1.56.